The van der Waals surface area contributed by atoms with Crippen LogP contribution in [0.25, 0.3) is 0 Å². The third-order valence-electron chi connectivity index (χ3n) is 7.38. The monoisotopic (exact) mass is 565 g/mol. The van der Waals surface area contributed by atoms with Gasteiger partial charge in [-0.25, -0.2) is 4.39 Å². The molecule has 0 saturated heterocycles. The van der Waals surface area contributed by atoms with Crippen molar-refractivity contribution >= 4 is 0 Å². The minimum atomic E-state index is -0.458. The Balaban J connectivity index is 2.33. The summed E-state index contributed by atoms with van der Waals surface area (Å²) in [5.74, 6) is 1.65. The fourth-order valence-corrected chi connectivity index (χ4v) is 4.88. The number of rotatable bonds is 31. The number of unbranched alkanes of at least 4 members (excludes halogenated alkanes) is 18. The molecule has 0 aliphatic rings. The standard InChI is InChI=1S/C35H63FO4/c1-3-5-7-9-11-13-15-17-19-21-26-39-34-24-23-33(32-38-30-29-37-28-25-36)31-35(34)40-27-22-20-18-16-14-12-10-8-6-4-2/h23-24,31H,3-22,25-30,32H2,1-2H3/i36-1. The van der Waals surface area contributed by atoms with Crippen molar-refractivity contribution < 1.29 is 23.3 Å². The molecule has 0 aliphatic heterocycles. The Kier molecular flexibility index (Phi) is 26.8. The summed E-state index contributed by atoms with van der Waals surface area (Å²) in [7, 11) is 0. The van der Waals surface area contributed by atoms with Crippen LogP contribution >= 0.6 is 0 Å². The molecule has 1 aromatic carbocycles. The molecule has 0 unspecified atom stereocenters. The third-order valence-corrected chi connectivity index (χ3v) is 7.38. The summed E-state index contributed by atoms with van der Waals surface area (Å²) in [5, 5.41) is 0. The average molecular weight is 566 g/mol. The van der Waals surface area contributed by atoms with Crippen LogP contribution in [0.5, 0.6) is 11.5 Å². The summed E-state index contributed by atoms with van der Waals surface area (Å²) in [4.78, 5) is 0. The van der Waals surface area contributed by atoms with Gasteiger partial charge in [0.05, 0.1) is 39.6 Å². The van der Waals surface area contributed by atoms with Gasteiger partial charge < -0.3 is 18.9 Å². The van der Waals surface area contributed by atoms with E-state index < -0.39 is 6.67 Å². The number of alkyl halides is 1. The lowest BCUT2D eigenvalue weighted by Crippen LogP contribution is -2.07. The van der Waals surface area contributed by atoms with Crippen molar-refractivity contribution in [3.63, 3.8) is 0 Å². The van der Waals surface area contributed by atoms with Gasteiger partial charge in [-0.3, -0.25) is 0 Å². The second-order valence-electron chi connectivity index (χ2n) is 11.2. The second-order valence-corrected chi connectivity index (χ2v) is 11.2. The maximum absolute atomic E-state index is 12.1. The lowest BCUT2D eigenvalue weighted by molar-refractivity contribution is 0.0361. The van der Waals surface area contributed by atoms with Gasteiger partial charge in [0.15, 0.2) is 11.5 Å². The number of hydrogen-bond acceptors (Lipinski definition) is 4. The van der Waals surface area contributed by atoms with E-state index in [1.807, 2.05) is 18.2 Å². The van der Waals surface area contributed by atoms with Crippen molar-refractivity contribution in [2.75, 3.05) is 39.7 Å². The predicted molar refractivity (Wildman–Crippen MR) is 168 cm³/mol. The molecule has 5 heteroatoms. The summed E-state index contributed by atoms with van der Waals surface area (Å²) < 4.78 is 35.4. The molecule has 40 heavy (non-hydrogen) atoms. The molecule has 1 rings (SSSR count). The van der Waals surface area contributed by atoms with E-state index in [9.17, 15) is 4.39 Å². The van der Waals surface area contributed by atoms with Crippen LogP contribution in [0.15, 0.2) is 18.2 Å². The van der Waals surface area contributed by atoms with Crippen molar-refractivity contribution in [3.8, 4) is 11.5 Å². The number of halogens is 1. The van der Waals surface area contributed by atoms with Crippen LogP contribution in [0.1, 0.15) is 148 Å². The first-order chi connectivity index (χ1) is 19.8. The Morgan fingerprint density at radius 2 is 0.925 bits per heavy atom. The van der Waals surface area contributed by atoms with Gasteiger partial charge in [-0.05, 0) is 30.5 Å². The molecule has 1 aromatic rings. The van der Waals surface area contributed by atoms with E-state index in [2.05, 4.69) is 13.8 Å². The molecule has 0 saturated carbocycles. The minimum absolute atomic E-state index is 0.130. The number of hydrogen-bond donors (Lipinski definition) is 0. The first-order valence-corrected chi connectivity index (χ1v) is 16.9. The largest absolute Gasteiger partial charge is 0.490 e. The highest BCUT2D eigenvalue weighted by Gasteiger charge is 2.08. The van der Waals surface area contributed by atoms with Gasteiger partial charge in [0, 0.05) is 0 Å². The summed E-state index contributed by atoms with van der Waals surface area (Å²) in [6, 6.07) is 6.11. The topological polar surface area (TPSA) is 36.9 Å². The maximum atomic E-state index is 12.1. The van der Waals surface area contributed by atoms with Gasteiger partial charge in [0.2, 0.25) is 0 Å². The fourth-order valence-electron chi connectivity index (χ4n) is 4.88. The Morgan fingerprint density at radius 3 is 1.43 bits per heavy atom. The van der Waals surface area contributed by atoms with E-state index in [1.165, 1.54) is 116 Å². The smallest absolute Gasteiger partial charge is 0.161 e. The Hall–Kier alpha value is -1.33. The zero-order valence-corrected chi connectivity index (χ0v) is 26.3. The molecule has 0 bridgehead atoms. The lowest BCUT2D eigenvalue weighted by atomic mass is 10.1. The normalized spacial score (nSPS) is 11.3. The van der Waals surface area contributed by atoms with Crippen molar-refractivity contribution in [1.82, 2.24) is 0 Å². The van der Waals surface area contributed by atoms with E-state index >= 15 is 0 Å². The van der Waals surface area contributed by atoms with Gasteiger partial charge in [0.1, 0.15) is 6.67 Å². The fraction of sp³-hybridized carbons (Fsp3) is 0.829. The van der Waals surface area contributed by atoms with E-state index in [-0.39, 0.29) is 6.61 Å². The van der Waals surface area contributed by atoms with Crippen molar-refractivity contribution in [3.05, 3.63) is 23.8 Å². The molecule has 0 fully saturated rings. The molecule has 0 heterocycles. The third kappa shape index (κ3) is 22.4. The Bertz CT molecular complexity index is 654. The predicted octanol–water partition coefficient (Wildman–Crippen LogP) is 10.8. The summed E-state index contributed by atoms with van der Waals surface area (Å²) in [6.45, 7) is 7.00. The van der Waals surface area contributed by atoms with Crippen LogP contribution in [0, 0.1) is 0 Å². The first kappa shape index (κ1) is 36.7. The van der Waals surface area contributed by atoms with Crippen molar-refractivity contribution in [1.29, 1.82) is 0 Å². The highest BCUT2D eigenvalue weighted by Crippen LogP contribution is 2.29. The van der Waals surface area contributed by atoms with Gasteiger partial charge in [-0.1, -0.05) is 135 Å². The van der Waals surface area contributed by atoms with Gasteiger partial charge >= 0.3 is 0 Å². The molecule has 0 aromatic heterocycles. The van der Waals surface area contributed by atoms with Crippen LogP contribution in [-0.2, 0) is 16.1 Å². The lowest BCUT2D eigenvalue weighted by Gasteiger charge is -2.15. The molecule has 0 aliphatic carbocycles. The van der Waals surface area contributed by atoms with Gasteiger partial charge in [-0.2, -0.15) is 0 Å². The van der Waals surface area contributed by atoms with E-state index in [0.717, 1.165) is 36.5 Å². The SMILES string of the molecule is CCCCCCCCCCCCOc1ccc(COCCOCC[18F])cc1OCCCCCCCCCCCC. The van der Waals surface area contributed by atoms with Gasteiger partial charge in [-0.15, -0.1) is 0 Å². The average Bonchev–Trinajstić information content (AvgIpc) is 2.97. The van der Waals surface area contributed by atoms with Crippen molar-refractivity contribution in [2.24, 2.45) is 0 Å². The van der Waals surface area contributed by atoms with E-state index in [4.69, 9.17) is 18.9 Å². The molecule has 234 valence electrons. The summed E-state index contributed by atoms with van der Waals surface area (Å²) in [5.41, 5.74) is 1.05. The molecule has 0 spiro atoms. The van der Waals surface area contributed by atoms with Crippen LogP contribution in [-0.4, -0.2) is 39.7 Å². The van der Waals surface area contributed by atoms with Crippen molar-refractivity contribution in [2.45, 2.75) is 149 Å². The summed E-state index contributed by atoms with van der Waals surface area (Å²) in [6.07, 6.45) is 26.3. The zero-order chi connectivity index (χ0) is 28.8. The molecule has 0 amide bonds. The highest BCUT2D eigenvalue weighted by molar-refractivity contribution is 5.42. The molecule has 4 nitrogen and oxygen atoms in total. The highest BCUT2D eigenvalue weighted by atomic mass is 18.2. The van der Waals surface area contributed by atoms with E-state index in [0.29, 0.717) is 26.4 Å². The van der Waals surface area contributed by atoms with Crippen LogP contribution in [0.3, 0.4) is 0 Å². The van der Waals surface area contributed by atoms with E-state index in [1.54, 1.807) is 0 Å². The van der Waals surface area contributed by atoms with Crippen LogP contribution in [0.4, 0.5) is 4.39 Å². The second kappa shape index (κ2) is 29.2. The number of ether oxygens (including phenoxy) is 4. The summed E-state index contributed by atoms with van der Waals surface area (Å²) >= 11 is 0. The Morgan fingerprint density at radius 1 is 0.475 bits per heavy atom. The molecule has 0 atom stereocenters. The van der Waals surface area contributed by atoms with Crippen LogP contribution in [0.2, 0.25) is 0 Å². The quantitative estimate of drug-likeness (QED) is 0.0839. The molecular formula is C35H63FO4. The molecule has 0 radical (unpaired) electrons. The minimum Gasteiger partial charge on any atom is -0.490 e. The molecule has 0 N–H and O–H groups in total. The number of benzene rings is 1. The molecular weight excluding hydrogens is 502 g/mol. The van der Waals surface area contributed by atoms with Gasteiger partial charge in [0.25, 0.3) is 0 Å². The zero-order valence-electron chi connectivity index (χ0n) is 26.3. The maximum Gasteiger partial charge on any atom is 0.161 e. The first-order valence-electron chi connectivity index (χ1n) is 16.9. The Labute approximate surface area is 247 Å². The van der Waals surface area contributed by atoms with Crippen LogP contribution < -0.4 is 9.47 Å².